The first kappa shape index (κ1) is 13.0. The number of fused-ring (bicyclic) bond motifs is 1. The highest BCUT2D eigenvalue weighted by atomic mass is 79.9. The first-order valence-electron chi connectivity index (χ1n) is 5.60. The monoisotopic (exact) mass is 307 g/mol. The van der Waals surface area contributed by atoms with Crippen LogP contribution >= 0.6 is 15.9 Å². The molecule has 2 rings (SSSR count). The lowest BCUT2D eigenvalue weighted by molar-refractivity contribution is -0.123. The van der Waals surface area contributed by atoms with Gasteiger partial charge in [0.15, 0.2) is 0 Å². The summed E-state index contributed by atoms with van der Waals surface area (Å²) in [4.78, 5) is 20.3. The Balaban J connectivity index is 2.31. The number of hydrogen-bond donors (Lipinski definition) is 1. The summed E-state index contributed by atoms with van der Waals surface area (Å²) in [6.45, 7) is 5.54. The number of halogens is 1. The smallest absolute Gasteiger partial charge is 0.232 e. The topological polar surface area (TPSA) is 54.9 Å². The number of anilines is 1. The number of rotatable bonds is 1. The van der Waals surface area contributed by atoms with Crippen molar-refractivity contribution in [2.75, 3.05) is 5.32 Å². The van der Waals surface area contributed by atoms with Crippen molar-refractivity contribution in [3.8, 4) is 0 Å². The molecular weight excluding hydrogens is 294 g/mol. The van der Waals surface area contributed by atoms with E-state index in [9.17, 15) is 4.79 Å². The summed E-state index contributed by atoms with van der Waals surface area (Å²) >= 11 is 3.39. The third-order valence-electron chi connectivity index (χ3n) is 2.45. The zero-order chi connectivity index (χ0) is 13.3. The number of carbonyl (C=O) groups is 1. The maximum absolute atomic E-state index is 11.8. The molecule has 0 fully saturated rings. The van der Waals surface area contributed by atoms with Gasteiger partial charge in [0, 0.05) is 21.5 Å². The Bertz CT molecular complexity index is 605. The van der Waals surface area contributed by atoms with E-state index in [0.717, 1.165) is 15.4 Å². The molecule has 0 aliphatic heterocycles. The minimum Gasteiger partial charge on any atom is -0.294 e. The van der Waals surface area contributed by atoms with Crippen molar-refractivity contribution in [1.82, 2.24) is 9.97 Å². The SMILES string of the molecule is CC(C)(C)C(=O)Nc1ncc2cc(Br)ccc2n1. The van der Waals surface area contributed by atoms with Crippen LogP contribution in [0.3, 0.4) is 0 Å². The van der Waals surface area contributed by atoms with Crippen LogP contribution < -0.4 is 5.32 Å². The van der Waals surface area contributed by atoms with Gasteiger partial charge in [-0.15, -0.1) is 0 Å². The van der Waals surface area contributed by atoms with Gasteiger partial charge >= 0.3 is 0 Å². The molecule has 1 N–H and O–H groups in total. The molecule has 0 aliphatic rings. The van der Waals surface area contributed by atoms with Gasteiger partial charge in [-0.25, -0.2) is 9.97 Å². The fraction of sp³-hybridized carbons (Fsp3) is 0.308. The molecule has 18 heavy (non-hydrogen) atoms. The van der Waals surface area contributed by atoms with Crippen LogP contribution in [-0.2, 0) is 4.79 Å². The van der Waals surface area contributed by atoms with Crippen molar-refractivity contribution in [2.45, 2.75) is 20.8 Å². The highest BCUT2D eigenvalue weighted by molar-refractivity contribution is 9.10. The van der Waals surface area contributed by atoms with Gasteiger partial charge in [-0.05, 0) is 18.2 Å². The zero-order valence-corrected chi connectivity index (χ0v) is 12.1. The Labute approximate surface area is 114 Å². The van der Waals surface area contributed by atoms with Crippen LogP contribution in [-0.4, -0.2) is 15.9 Å². The van der Waals surface area contributed by atoms with E-state index in [4.69, 9.17) is 0 Å². The number of amides is 1. The van der Waals surface area contributed by atoms with Gasteiger partial charge in [0.1, 0.15) is 0 Å². The second-order valence-corrected chi connectivity index (χ2v) is 6.02. The summed E-state index contributed by atoms with van der Waals surface area (Å²) in [6, 6.07) is 5.73. The first-order valence-corrected chi connectivity index (χ1v) is 6.39. The van der Waals surface area contributed by atoms with Crippen LogP contribution in [0.1, 0.15) is 20.8 Å². The number of aromatic nitrogens is 2. The summed E-state index contributed by atoms with van der Waals surface area (Å²) in [7, 11) is 0. The second-order valence-electron chi connectivity index (χ2n) is 5.10. The van der Waals surface area contributed by atoms with Gasteiger partial charge < -0.3 is 0 Å². The summed E-state index contributed by atoms with van der Waals surface area (Å²) < 4.78 is 0.977. The van der Waals surface area contributed by atoms with Gasteiger partial charge in [-0.3, -0.25) is 10.1 Å². The Morgan fingerprint density at radius 1 is 1.33 bits per heavy atom. The molecule has 1 heterocycles. The third-order valence-corrected chi connectivity index (χ3v) is 2.94. The van der Waals surface area contributed by atoms with E-state index in [0.29, 0.717) is 5.95 Å². The summed E-state index contributed by atoms with van der Waals surface area (Å²) in [6.07, 6.45) is 1.70. The van der Waals surface area contributed by atoms with E-state index in [-0.39, 0.29) is 5.91 Å². The summed E-state index contributed by atoms with van der Waals surface area (Å²) in [5, 5.41) is 3.64. The van der Waals surface area contributed by atoms with Crippen LogP contribution in [0.4, 0.5) is 5.95 Å². The van der Waals surface area contributed by atoms with Crippen LogP contribution in [0.25, 0.3) is 10.9 Å². The molecule has 1 aromatic carbocycles. The van der Waals surface area contributed by atoms with Crippen molar-refractivity contribution in [1.29, 1.82) is 0 Å². The van der Waals surface area contributed by atoms with Crippen LogP contribution in [0.5, 0.6) is 0 Å². The van der Waals surface area contributed by atoms with Crippen molar-refractivity contribution >= 4 is 38.7 Å². The molecule has 0 saturated heterocycles. The molecular formula is C13H14BrN3O. The van der Waals surface area contributed by atoms with Gasteiger partial charge in [-0.1, -0.05) is 36.7 Å². The molecule has 5 heteroatoms. The number of carbonyl (C=O) groups excluding carboxylic acids is 1. The van der Waals surface area contributed by atoms with Gasteiger partial charge in [0.25, 0.3) is 0 Å². The van der Waals surface area contributed by atoms with E-state index < -0.39 is 5.41 Å². The number of nitrogens with one attached hydrogen (secondary N) is 1. The fourth-order valence-corrected chi connectivity index (χ4v) is 1.73. The third kappa shape index (κ3) is 2.85. The van der Waals surface area contributed by atoms with E-state index in [1.807, 2.05) is 39.0 Å². The Hall–Kier alpha value is -1.49. The second kappa shape index (κ2) is 4.65. The van der Waals surface area contributed by atoms with Crippen molar-refractivity contribution < 1.29 is 4.79 Å². The predicted octanol–water partition coefficient (Wildman–Crippen LogP) is 3.38. The zero-order valence-electron chi connectivity index (χ0n) is 10.5. The molecule has 4 nitrogen and oxygen atoms in total. The lowest BCUT2D eigenvalue weighted by atomic mass is 9.96. The molecule has 0 unspecified atom stereocenters. The maximum Gasteiger partial charge on any atom is 0.232 e. The fourth-order valence-electron chi connectivity index (χ4n) is 1.35. The van der Waals surface area contributed by atoms with Crippen LogP contribution in [0.2, 0.25) is 0 Å². The number of nitrogens with zero attached hydrogens (tertiary/aromatic N) is 2. The quantitative estimate of drug-likeness (QED) is 0.878. The maximum atomic E-state index is 11.8. The highest BCUT2D eigenvalue weighted by Crippen LogP contribution is 2.20. The predicted molar refractivity (Wildman–Crippen MR) is 75.3 cm³/mol. The van der Waals surface area contributed by atoms with E-state index >= 15 is 0 Å². The molecule has 0 bridgehead atoms. The van der Waals surface area contributed by atoms with Crippen LogP contribution in [0.15, 0.2) is 28.9 Å². The summed E-state index contributed by atoms with van der Waals surface area (Å²) in [5.41, 5.74) is 0.343. The van der Waals surface area contributed by atoms with E-state index in [1.54, 1.807) is 6.20 Å². The van der Waals surface area contributed by atoms with Gasteiger partial charge in [0.2, 0.25) is 11.9 Å². The normalized spacial score (nSPS) is 11.6. The minimum atomic E-state index is -0.460. The molecule has 0 atom stereocenters. The molecule has 0 spiro atoms. The molecule has 2 aromatic rings. The average molecular weight is 308 g/mol. The largest absolute Gasteiger partial charge is 0.294 e. The molecule has 0 radical (unpaired) electrons. The van der Waals surface area contributed by atoms with Crippen molar-refractivity contribution in [2.24, 2.45) is 5.41 Å². The lowest BCUT2D eigenvalue weighted by Gasteiger charge is -2.16. The summed E-state index contributed by atoms with van der Waals surface area (Å²) in [5.74, 6) is 0.240. The number of benzene rings is 1. The van der Waals surface area contributed by atoms with Gasteiger partial charge in [-0.2, -0.15) is 0 Å². The Morgan fingerprint density at radius 2 is 2.06 bits per heavy atom. The molecule has 1 amide bonds. The van der Waals surface area contributed by atoms with Crippen molar-refractivity contribution in [3.05, 3.63) is 28.9 Å². The van der Waals surface area contributed by atoms with E-state index in [1.165, 1.54) is 0 Å². The molecule has 1 aromatic heterocycles. The van der Waals surface area contributed by atoms with Gasteiger partial charge in [0.05, 0.1) is 5.52 Å². The van der Waals surface area contributed by atoms with Crippen molar-refractivity contribution in [3.63, 3.8) is 0 Å². The molecule has 0 saturated carbocycles. The first-order chi connectivity index (χ1) is 8.36. The highest BCUT2D eigenvalue weighted by Gasteiger charge is 2.21. The average Bonchev–Trinajstić information content (AvgIpc) is 2.28. The van der Waals surface area contributed by atoms with Crippen LogP contribution in [0, 0.1) is 5.41 Å². The molecule has 0 aliphatic carbocycles. The lowest BCUT2D eigenvalue weighted by Crippen LogP contribution is -2.28. The molecule has 94 valence electrons. The number of hydrogen-bond acceptors (Lipinski definition) is 3. The Morgan fingerprint density at radius 3 is 2.72 bits per heavy atom. The Kier molecular flexibility index (Phi) is 3.34. The minimum absolute atomic E-state index is 0.0982. The standard InChI is InChI=1S/C13H14BrN3O/c1-13(2,3)11(18)17-12-15-7-8-6-9(14)4-5-10(8)16-12/h4-7H,1-3H3,(H,15,16,17,18). The van der Waals surface area contributed by atoms with E-state index in [2.05, 4.69) is 31.2 Å².